The van der Waals surface area contributed by atoms with Crippen molar-refractivity contribution in [3.05, 3.63) is 23.0 Å². The summed E-state index contributed by atoms with van der Waals surface area (Å²) in [4.78, 5) is 14.7. The molecule has 1 N–H and O–H groups in total. The maximum absolute atomic E-state index is 12.7. The number of nitrogens with zero attached hydrogens (tertiary/aromatic N) is 2. The molecule has 0 radical (unpaired) electrons. The summed E-state index contributed by atoms with van der Waals surface area (Å²) in [7, 11) is 0. The van der Waals surface area contributed by atoms with Crippen LogP contribution in [0.15, 0.2) is 12.3 Å². The Morgan fingerprint density at radius 2 is 1.95 bits per heavy atom. The Labute approximate surface area is 117 Å². The van der Waals surface area contributed by atoms with Crippen LogP contribution in [0.4, 0.5) is 0 Å². The first-order valence-corrected chi connectivity index (χ1v) is 7.47. The quantitative estimate of drug-likeness (QED) is 0.896. The van der Waals surface area contributed by atoms with E-state index in [9.17, 15) is 4.79 Å². The molecule has 1 amide bonds. The van der Waals surface area contributed by atoms with Gasteiger partial charge in [-0.25, -0.2) is 0 Å². The molecule has 0 bridgehead atoms. The summed E-state index contributed by atoms with van der Waals surface area (Å²) in [6.45, 7) is 3.89. The highest BCUT2D eigenvalue weighted by molar-refractivity contribution is 6.31. The summed E-state index contributed by atoms with van der Waals surface area (Å²) in [5, 5.41) is 4.08. The second kappa shape index (κ2) is 4.25. The number of carbonyl (C=O) groups excluding carboxylic acids is 1. The van der Waals surface area contributed by atoms with Gasteiger partial charge in [-0.1, -0.05) is 11.6 Å². The summed E-state index contributed by atoms with van der Waals surface area (Å²) in [6.07, 6.45) is 4.24. The number of fused-ring (bicyclic) bond motifs is 1. The van der Waals surface area contributed by atoms with Crippen molar-refractivity contribution < 1.29 is 4.79 Å². The lowest BCUT2D eigenvalue weighted by Crippen LogP contribution is -2.33. The number of nitrogens with one attached hydrogen (secondary N) is 1. The van der Waals surface area contributed by atoms with E-state index in [4.69, 9.17) is 11.6 Å². The van der Waals surface area contributed by atoms with Gasteiger partial charge in [0.05, 0.1) is 5.02 Å². The van der Waals surface area contributed by atoms with Gasteiger partial charge in [0, 0.05) is 38.4 Å². The number of hydrogen-bond donors (Lipinski definition) is 1. The van der Waals surface area contributed by atoms with Crippen molar-refractivity contribution in [2.45, 2.75) is 18.9 Å². The highest BCUT2D eigenvalue weighted by Gasteiger charge is 2.39. The lowest BCUT2D eigenvalue weighted by molar-refractivity contribution is 0.0770. The largest absolute Gasteiger partial charge is 0.339 e. The van der Waals surface area contributed by atoms with Gasteiger partial charge in [-0.05, 0) is 30.7 Å². The lowest BCUT2D eigenvalue weighted by atomic mass is 10.0. The third-order valence-corrected chi connectivity index (χ3v) is 4.86. The predicted molar refractivity (Wildman–Crippen MR) is 73.5 cm³/mol. The Hall–Kier alpha value is -1.00. The van der Waals surface area contributed by atoms with Gasteiger partial charge in [0.2, 0.25) is 0 Å². The number of halogens is 1. The Balaban J connectivity index is 1.57. The van der Waals surface area contributed by atoms with Crippen LogP contribution in [0.25, 0.3) is 0 Å². The third-order valence-electron chi connectivity index (χ3n) is 4.65. The predicted octanol–water partition coefficient (Wildman–Crippen LogP) is 1.77. The van der Waals surface area contributed by atoms with Crippen LogP contribution < -0.4 is 5.32 Å². The molecule has 102 valence electrons. The molecule has 3 fully saturated rings. The van der Waals surface area contributed by atoms with E-state index in [1.54, 1.807) is 0 Å². The maximum Gasteiger partial charge on any atom is 0.270 e. The molecule has 2 aliphatic heterocycles. The molecule has 3 aliphatic rings. The maximum atomic E-state index is 12.7. The number of aromatic nitrogens is 1. The van der Waals surface area contributed by atoms with Gasteiger partial charge < -0.3 is 14.8 Å². The average Bonchev–Trinajstić information content (AvgIpc) is 2.82. The molecule has 4 rings (SSSR count). The number of carbonyl (C=O) groups is 1. The van der Waals surface area contributed by atoms with Gasteiger partial charge >= 0.3 is 0 Å². The minimum absolute atomic E-state index is 0.160. The molecule has 1 aromatic heterocycles. The fourth-order valence-electron chi connectivity index (χ4n) is 3.46. The summed E-state index contributed by atoms with van der Waals surface area (Å²) in [6, 6.07) is 2.32. The van der Waals surface area contributed by atoms with Crippen LogP contribution in [0.3, 0.4) is 0 Å². The van der Waals surface area contributed by atoms with Gasteiger partial charge in [-0.15, -0.1) is 0 Å². The molecule has 1 saturated carbocycles. The van der Waals surface area contributed by atoms with Crippen molar-refractivity contribution >= 4 is 17.5 Å². The molecular formula is C14H18ClN3O. The zero-order chi connectivity index (χ0) is 13.0. The van der Waals surface area contributed by atoms with E-state index in [0.717, 1.165) is 31.9 Å². The summed E-state index contributed by atoms with van der Waals surface area (Å²) < 4.78 is 2.08. The number of rotatable bonds is 2. The highest BCUT2D eigenvalue weighted by Crippen LogP contribution is 2.38. The van der Waals surface area contributed by atoms with Gasteiger partial charge in [-0.2, -0.15) is 0 Å². The van der Waals surface area contributed by atoms with Crippen LogP contribution in [-0.4, -0.2) is 41.6 Å². The van der Waals surface area contributed by atoms with Crippen molar-refractivity contribution in [2.75, 3.05) is 26.2 Å². The second-order valence-corrected chi connectivity index (χ2v) is 6.51. The minimum atomic E-state index is 0.160. The van der Waals surface area contributed by atoms with Crippen LogP contribution in [0.2, 0.25) is 5.02 Å². The Kier molecular flexibility index (Phi) is 2.64. The van der Waals surface area contributed by atoms with Crippen LogP contribution in [-0.2, 0) is 0 Å². The zero-order valence-corrected chi connectivity index (χ0v) is 11.6. The first-order chi connectivity index (χ1) is 9.22. The first-order valence-electron chi connectivity index (χ1n) is 7.10. The Morgan fingerprint density at radius 1 is 1.26 bits per heavy atom. The van der Waals surface area contributed by atoms with Crippen molar-refractivity contribution in [1.82, 2.24) is 14.8 Å². The molecular weight excluding hydrogens is 262 g/mol. The molecule has 5 heteroatoms. The number of hydrogen-bond acceptors (Lipinski definition) is 2. The van der Waals surface area contributed by atoms with Crippen molar-refractivity contribution in [1.29, 1.82) is 0 Å². The normalized spacial score (nSPS) is 29.8. The standard InChI is InChI=1S/C14H18ClN3O/c15-11-3-13(18(8-11)12-1-2-12)14(19)17-6-9-4-16-5-10(9)7-17/h3,8-10,12,16H,1-2,4-7H2/t9-,10+. The summed E-state index contributed by atoms with van der Waals surface area (Å²) in [5.74, 6) is 1.45. The molecule has 0 spiro atoms. The van der Waals surface area contributed by atoms with Crippen molar-refractivity contribution in [3.63, 3.8) is 0 Å². The molecule has 19 heavy (non-hydrogen) atoms. The zero-order valence-electron chi connectivity index (χ0n) is 10.8. The van der Waals surface area contributed by atoms with Gasteiger partial charge in [-0.3, -0.25) is 4.79 Å². The molecule has 0 aromatic carbocycles. The number of likely N-dealkylation sites (tertiary alicyclic amines) is 1. The minimum Gasteiger partial charge on any atom is -0.339 e. The van der Waals surface area contributed by atoms with E-state index >= 15 is 0 Å². The molecule has 3 heterocycles. The van der Waals surface area contributed by atoms with E-state index in [0.29, 0.717) is 22.9 Å². The highest BCUT2D eigenvalue weighted by atomic mass is 35.5. The van der Waals surface area contributed by atoms with E-state index in [1.807, 2.05) is 17.2 Å². The van der Waals surface area contributed by atoms with Crippen molar-refractivity contribution in [2.24, 2.45) is 11.8 Å². The monoisotopic (exact) mass is 279 g/mol. The smallest absolute Gasteiger partial charge is 0.270 e. The van der Waals surface area contributed by atoms with Crippen LogP contribution in [0, 0.1) is 11.8 Å². The Bertz CT molecular complexity index is 511. The molecule has 1 aromatic rings. The summed E-state index contributed by atoms with van der Waals surface area (Å²) in [5.41, 5.74) is 0.778. The van der Waals surface area contributed by atoms with Crippen LogP contribution >= 0.6 is 11.6 Å². The van der Waals surface area contributed by atoms with Crippen molar-refractivity contribution in [3.8, 4) is 0 Å². The van der Waals surface area contributed by atoms with E-state index in [1.165, 1.54) is 12.8 Å². The molecule has 4 nitrogen and oxygen atoms in total. The molecule has 2 saturated heterocycles. The van der Waals surface area contributed by atoms with Gasteiger partial charge in [0.25, 0.3) is 5.91 Å². The topological polar surface area (TPSA) is 37.3 Å². The first kappa shape index (κ1) is 11.8. The average molecular weight is 280 g/mol. The SMILES string of the molecule is O=C(c1cc(Cl)cn1C1CC1)N1C[C@H]2CNC[C@H]2C1. The molecule has 0 unspecified atom stereocenters. The second-order valence-electron chi connectivity index (χ2n) is 6.07. The molecule has 2 atom stereocenters. The van der Waals surface area contributed by atoms with Gasteiger partial charge in [0.15, 0.2) is 0 Å². The van der Waals surface area contributed by atoms with E-state index in [2.05, 4.69) is 9.88 Å². The van der Waals surface area contributed by atoms with Gasteiger partial charge in [0.1, 0.15) is 5.69 Å². The van der Waals surface area contributed by atoms with E-state index in [-0.39, 0.29) is 5.91 Å². The van der Waals surface area contributed by atoms with Crippen LogP contribution in [0.1, 0.15) is 29.4 Å². The molecule has 1 aliphatic carbocycles. The fourth-order valence-corrected chi connectivity index (χ4v) is 3.66. The fraction of sp³-hybridized carbons (Fsp3) is 0.643. The Morgan fingerprint density at radius 3 is 2.58 bits per heavy atom. The lowest BCUT2D eigenvalue weighted by Gasteiger charge is -2.18. The summed E-state index contributed by atoms with van der Waals surface area (Å²) >= 11 is 6.08. The number of amides is 1. The third kappa shape index (κ3) is 1.98. The van der Waals surface area contributed by atoms with E-state index < -0.39 is 0 Å². The van der Waals surface area contributed by atoms with Crippen LogP contribution in [0.5, 0.6) is 0 Å².